The molecule has 0 atom stereocenters. The predicted molar refractivity (Wildman–Crippen MR) is 131 cm³/mol. The van der Waals surface area contributed by atoms with Crippen molar-refractivity contribution in [2.24, 2.45) is 0 Å². The van der Waals surface area contributed by atoms with Gasteiger partial charge in [0.15, 0.2) is 11.6 Å². The van der Waals surface area contributed by atoms with Gasteiger partial charge >= 0.3 is 12.4 Å². The maximum absolute atomic E-state index is 13.6. The molecule has 0 saturated heterocycles. The van der Waals surface area contributed by atoms with Gasteiger partial charge in [-0.25, -0.2) is 0 Å². The highest BCUT2D eigenvalue weighted by Gasteiger charge is 2.35. The number of carbonyl (C=O) groups is 2. The van der Waals surface area contributed by atoms with Crippen LogP contribution in [0.3, 0.4) is 0 Å². The molecular weight excluding hydrogens is 546 g/mol. The lowest BCUT2D eigenvalue weighted by atomic mass is 9.84. The first kappa shape index (κ1) is 26.1. The fourth-order valence-electron chi connectivity index (χ4n) is 4.07. The number of halogens is 6. The van der Waals surface area contributed by atoms with E-state index in [2.05, 4.69) is 0 Å². The Hall–Kier alpha value is -3.50. The van der Waals surface area contributed by atoms with Crippen molar-refractivity contribution >= 4 is 35.1 Å². The van der Waals surface area contributed by atoms with Gasteiger partial charge in [0.1, 0.15) is 0 Å². The molecular formula is C28H14F6O2S2. The second-order valence-corrected chi connectivity index (χ2v) is 10.5. The van der Waals surface area contributed by atoms with Crippen molar-refractivity contribution in [3.05, 3.63) is 118 Å². The van der Waals surface area contributed by atoms with E-state index >= 15 is 0 Å². The molecule has 10 heteroatoms. The molecule has 0 radical (unpaired) electrons. The molecule has 0 fully saturated rings. The zero-order valence-corrected chi connectivity index (χ0v) is 20.6. The lowest BCUT2D eigenvalue weighted by molar-refractivity contribution is -0.138. The number of rotatable bonds is 4. The molecule has 192 valence electrons. The van der Waals surface area contributed by atoms with Gasteiger partial charge in [-0.3, -0.25) is 9.59 Å². The van der Waals surface area contributed by atoms with E-state index in [0.717, 1.165) is 47.8 Å². The third kappa shape index (κ3) is 4.98. The molecule has 0 amide bonds. The summed E-state index contributed by atoms with van der Waals surface area (Å²) in [5.41, 5.74) is -1.36. The van der Waals surface area contributed by atoms with Crippen LogP contribution in [-0.2, 0) is 12.4 Å². The van der Waals surface area contributed by atoms with Crippen LogP contribution in [0.25, 0.3) is 0 Å². The van der Waals surface area contributed by atoms with Crippen LogP contribution in [0.15, 0.2) is 105 Å². The van der Waals surface area contributed by atoms with Gasteiger partial charge in [-0.2, -0.15) is 26.3 Å². The fraction of sp³-hybridized carbons (Fsp3) is 0.0714. The SMILES string of the molecule is O=C1c2cccc(Sc3cccc(C(F)(F)F)c3)c2C(=O)c2cccc(Sc3cccc(C(F)(F)F)c3)c21. The van der Waals surface area contributed by atoms with E-state index in [0.29, 0.717) is 9.79 Å². The zero-order chi connectivity index (χ0) is 27.2. The second kappa shape index (κ2) is 9.67. The number of alkyl halides is 6. The van der Waals surface area contributed by atoms with Gasteiger partial charge in [0.2, 0.25) is 0 Å². The summed E-state index contributed by atoms with van der Waals surface area (Å²) >= 11 is 1.88. The molecule has 4 aromatic rings. The summed E-state index contributed by atoms with van der Waals surface area (Å²) in [5.74, 6) is -0.979. The topological polar surface area (TPSA) is 34.1 Å². The lowest BCUT2D eigenvalue weighted by Crippen LogP contribution is -2.22. The van der Waals surface area contributed by atoms with Gasteiger partial charge in [0, 0.05) is 41.8 Å². The van der Waals surface area contributed by atoms with E-state index in [9.17, 15) is 35.9 Å². The van der Waals surface area contributed by atoms with Gasteiger partial charge in [0.25, 0.3) is 0 Å². The van der Waals surface area contributed by atoms with Gasteiger partial charge in [-0.1, -0.05) is 59.9 Å². The van der Waals surface area contributed by atoms with E-state index in [4.69, 9.17) is 0 Å². The fourth-order valence-corrected chi connectivity index (χ4v) is 6.15. The van der Waals surface area contributed by atoms with Crippen molar-refractivity contribution in [3.63, 3.8) is 0 Å². The van der Waals surface area contributed by atoms with Gasteiger partial charge < -0.3 is 0 Å². The number of hydrogen-bond donors (Lipinski definition) is 0. The van der Waals surface area contributed by atoms with Crippen molar-refractivity contribution < 1.29 is 35.9 Å². The van der Waals surface area contributed by atoms with Crippen molar-refractivity contribution in [1.29, 1.82) is 0 Å². The third-order valence-electron chi connectivity index (χ3n) is 5.77. The Bertz CT molecular complexity index is 1470. The molecule has 0 heterocycles. The van der Waals surface area contributed by atoms with E-state index in [1.807, 2.05) is 0 Å². The molecule has 2 nitrogen and oxygen atoms in total. The van der Waals surface area contributed by atoms with Crippen LogP contribution in [0.5, 0.6) is 0 Å². The summed E-state index contributed by atoms with van der Waals surface area (Å²) in [4.78, 5) is 28.3. The van der Waals surface area contributed by atoms with Crippen molar-refractivity contribution in [2.75, 3.05) is 0 Å². The average molecular weight is 561 g/mol. The highest BCUT2D eigenvalue weighted by Crippen LogP contribution is 2.42. The standard InChI is InChI=1S/C28H14F6O2S2/c29-27(30,31)15-5-1-7-17(13-15)37-21-11-3-9-19-23(21)25(35)20-10-4-12-22(24(20)26(19)36)38-18-8-2-6-16(14-18)28(32,33)34/h1-14H. The average Bonchev–Trinajstić information content (AvgIpc) is 2.86. The molecule has 38 heavy (non-hydrogen) atoms. The monoisotopic (exact) mass is 560 g/mol. The molecule has 0 unspecified atom stereocenters. The predicted octanol–water partition coefficient (Wildman–Crippen LogP) is 8.80. The summed E-state index contributed by atoms with van der Waals surface area (Å²) in [6.07, 6.45) is -9.07. The van der Waals surface area contributed by atoms with Crippen molar-refractivity contribution in [2.45, 2.75) is 31.9 Å². The minimum absolute atomic E-state index is 0.0774. The number of ketones is 2. The highest BCUT2D eigenvalue weighted by molar-refractivity contribution is 7.99. The van der Waals surface area contributed by atoms with E-state index in [-0.39, 0.29) is 32.0 Å². The van der Waals surface area contributed by atoms with Crippen molar-refractivity contribution in [1.82, 2.24) is 0 Å². The molecule has 1 aliphatic carbocycles. The van der Waals surface area contributed by atoms with Crippen LogP contribution in [0.4, 0.5) is 26.3 Å². The Labute approximate surface area is 221 Å². The molecule has 0 aliphatic heterocycles. The quantitative estimate of drug-likeness (QED) is 0.206. The summed E-state index contributed by atoms with van der Waals surface area (Å²) in [6, 6.07) is 18.4. The summed E-state index contributed by atoms with van der Waals surface area (Å²) in [7, 11) is 0. The smallest absolute Gasteiger partial charge is 0.289 e. The molecule has 0 saturated carbocycles. The summed E-state index contributed by atoms with van der Waals surface area (Å²) in [6.45, 7) is 0. The van der Waals surface area contributed by atoms with E-state index < -0.39 is 35.0 Å². The molecule has 4 aromatic carbocycles. The number of benzene rings is 4. The largest absolute Gasteiger partial charge is 0.416 e. The van der Waals surface area contributed by atoms with Crippen LogP contribution in [0, 0.1) is 0 Å². The Morgan fingerprint density at radius 1 is 0.500 bits per heavy atom. The normalized spacial score (nSPS) is 13.3. The Balaban J connectivity index is 1.53. The highest BCUT2D eigenvalue weighted by atomic mass is 32.2. The maximum Gasteiger partial charge on any atom is 0.416 e. The maximum atomic E-state index is 13.6. The van der Waals surface area contributed by atoms with Crippen LogP contribution in [-0.4, -0.2) is 11.6 Å². The third-order valence-corrected chi connectivity index (χ3v) is 7.87. The van der Waals surface area contributed by atoms with Gasteiger partial charge in [-0.15, -0.1) is 0 Å². The molecule has 0 bridgehead atoms. The molecule has 5 rings (SSSR count). The number of hydrogen-bond acceptors (Lipinski definition) is 4. The molecule has 0 aromatic heterocycles. The second-order valence-electron chi connectivity index (χ2n) is 8.27. The van der Waals surface area contributed by atoms with Gasteiger partial charge in [0.05, 0.1) is 11.1 Å². The summed E-state index contributed by atoms with van der Waals surface area (Å²) in [5, 5.41) is 0. The van der Waals surface area contributed by atoms with Crippen LogP contribution < -0.4 is 0 Å². The number of carbonyl (C=O) groups excluding carboxylic acids is 2. The number of fused-ring (bicyclic) bond motifs is 2. The van der Waals surface area contributed by atoms with Crippen LogP contribution in [0.1, 0.15) is 43.0 Å². The Kier molecular flexibility index (Phi) is 6.65. The first-order valence-corrected chi connectivity index (χ1v) is 12.6. The zero-order valence-electron chi connectivity index (χ0n) is 19.0. The molecule has 0 spiro atoms. The minimum Gasteiger partial charge on any atom is -0.289 e. The van der Waals surface area contributed by atoms with Crippen molar-refractivity contribution in [3.8, 4) is 0 Å². The summed E-state index contributed by atoms with van der Waals surface area (Å²) < 4.78 is 79.0. The Morgan fingerprint density at radius 3 is 1.24 bits per heavy atom. The first-order chi connectivity index (χ1) is 17.9. The van der Waals surface area contributed by atoms with E-state index in [1.54, 1.807) is 12.1 Å². The molecule has 0 N–H and O–H groups in total. The Morgan fingerprint density at radius 2 is 0.868 bits per heavy atom. The first-order valence-electron chi connectivity index (χ1n) is 11.0. The molecule has 1 aliphatic rings. The lowest BCUT2D eigenvalue weighted by Gasteiger charge is -2.22. The van der Waals surface area contributed by atoms with E-state index in [1.165, 1.54) is 48.5 Å². The minimum atomic E-state index is -4.54. The van der Waals surface area contributed by atoms with Gasteiger partial charge in [-0.05, 0) is 48.5 Å². The van der Waals surface area contributed by atoms with Crippen LogP contribution in [0.2, 0.25) is 0 Å². The van der Waals surface area contributed by atoms with Crippen LogP contribution >= 0.6 is 23.5 Å².